The molecule has 0 aromatic heterocycles. The van der Waals surface area contributed by atoms with Crippen LogP contribution in [0.1, 0.15) is 34.3 Å². The first-order valence-corrected chi connectivity index (χ1v) is 11.4. The zero-order valence-electron chi connectivity index (χ0n) is 18.2. The molecular formula is C22H28N2O6S. The van der Waals surface area contributed by atoms with Crippen LogP contribution in [0.3, 0.4) is 0 Å². The van der Waals surface area contributed by atoms with Crippen LogP contribution < -0.4 is 19.5 Å². The lowest BCUT2D eigenvalue weighted by Crippen LogP contribution is -2.29. The molecular weight excluding hydrogens is 420 g/mol. The van der Waals surface area contributed by atoms with Crippen LogP contribution in [0.2, 0.25) is 0 Å². The van der Waals surface area contributed by atoms with Gasteiger partial charge in [-0.2, -0.15) is 4.31 Å². The van der Waals surface area contributed by atoms with Crippen molar-refractivity contribution in [2.45, 2.75) is 31.2 Å². The molecule has 3 rings (SSSR count). The third-order valence-corrected chi connectivity index (χ3v) is 7.23. The van der Waals surface area contributed by atoms with Gasteiger partial charge in [0.1, 0.15) is 0 Å². The van der Waals surface area contributed by atoms with E-state index in [0.29, 0.717) is 41.5 Å². The number of hydrogen-bond donors (Lipinski definition) is 1. The van der Waals surface area contributed by atoms with Crippen LogP contribution in [0.5, 0.6) is 17.2 Å². The number of hydrogen-bond acceptors (Lipinski definition) is 6. The molecule has 1 fully saturated rings. The van der Waals surface area contributed by atoms with Gasteiger partial charge in [0, 0.05) is 25.2 Å². The summed E-state index contributed by atoms with van der Waals surface area (Å²) in [7, 11) is 0.970. The summed E-state index contributed by atoms with van der Waals surface area (Å²) >= 11 is 0. The maximum Gasteiger partial charge on any atom is 0.251 e. The third kappa shape index (κ3) is 4.77. The molecule has 2 aromatic rings. The van der Waals surface area contributed by atoms with E-state index in [-0.39, 0.29) is 17.3 Å². The van der Waals surface area contributed by atoms with Crippen molar-refractivity contribution in [1.82, 2.24) is 9.62 Å². The van der Waals surface area contributed by atoms with Crippen molar-refractivity contribution in [2.75, 3.05) is 34.4 Å². The van der Waals surface area contributed by atoms with Crippen molar-refractivity contribution in [1.29, 1.82) is 0 Å². The molecule has 0 aliphatic carbocycles. The van der Waals surface area contributed by atoms with Gasteiger partial charge in [0.05, 0.1) is 26.2 Å². The first-order valence-electron chi connectivity index (χ1n) is 9.99. The Morgan fingerprint density at radius 1 is 1.00 bits per heavy atom. The summed E-state index contributed by atoms with van der Waals surface area (Å²) in [5, 5.41) is 2.85. The fourth-order valence-electron chi connectivity index (χ4n) is 3.60. The zero-order chi connectivity index (χ0) is 22.6. The van der Waals surface area contributed by atoms with Crippen molar-refractivity contribution < 1.29 is 27.4 Å². The zero-order valence-corrected chi connectivity index (χ0v) is 19.0. The minimum Gasteiger partial charge on any atom is -0.493 e. The number of nitrogens with one attached hydrogen (secondary N) is 1. The summed E-state index contributed by atoms with van der Waals surface area (Å²) in [5.74, 6) is 1.09. The van der Waals surface area contributed by atoms with E-state index in [1.807, 2.05) is 0 Å². The van der Waals surface area contributed by atoms with Crippen LogP contribution in [-0.2, 0) is 16.6 Å². The quantitative estimate of drug-likeness (QED) is 0.667. The van der Waals surface area contributed by atoms with Gasteiger partial charge >= 0.3 is 0 Å². The number of ether oxygens (including phenoxy) is 3. The van der Waals surface area contributed by atoms with E-state index in [1.165, 1.54) is 31.7 Å². The largest absolute Gasteiger partial charge is 0.493 e. The Morgan fingerprint density at radius 2 is 1.61 bits per heavy atom. The Balaban J connectivity index is 1.81. The van der Waals surface area contributed by atoms with Crippen LogP contribution in [0, 0.1) is 6.92 Å². The van der Waals surface area contributed by atoms with Gasteiger partial charge in [-0.25, -0.2) is 8.42 Å². The average Bonchev–Trinajstić information content (AvgIpc) is 3.32. The van der Waals surface area contributed by atoms with Gasteiger partial charge in [-0.3, -0.25) is 4.79 Å². The van der Waals surface area contributed by atoms with Gasteiger partial charge in [0.2, 0.25) is 15.8 Å². The summed E-state index contributed by atoms with van der Waals surface area (Å²) in [5.41, 5.74) is 1.77. The number of nitrogens with zero attached hydrogens (tertiary/aromatic N) is 1. The molecule has 2 aromatic carbocycles. The summed E-state index contributed by atoms with van der Waals surface area (Å²) < 4.78 is 43.2. The first kappa shape index (κ1) is 22.9. The van der Waals surface area contributed by atoms with Crippen LogP contribution in [-0.4, -0.2) is 53.0 Å². The number of benzene rings is 2. The molecule has 8 nitrogen and oxygen atoms in total. The molecule has 168 valence electrons. The second kappa shape index (κ2) is 9.57. The summed E-state index contributed by atoms with van der Waals surface area (Å²) in [4.78, 5) is 13.0. The Hall–Kier alpha value is -2.78. The highest BCUT2D eigenvalue weighted by Gasteiger charge is 2.28. The van der Waals surface area contributed by atoms with Crippen molar-refractivity contribution in [3.05, 3.63) is 47.0 Å². The highest BCUT2D eigenvalue weighted by molar-refractivity contribution is 7.89. The number of rotatable bonds is 8. The summed E-state index contributed by atoms with van der Waals surface area (Å²) in [6.45, 7) is 3.01. The van der Waals surface area contributed by atoms with Crippen molar-refractivity contribution >= 4 is 15.9 Å². The highest BCUT2D eigenvalue weighted by atomic mass is 32.2. The van der Waals surface area contributed by atoms with Gasteiger partial charge in [0.25, 0.3) is 5.91 Å². The number of sulfonamides is 1. The minimum atomic E-state index is -3.60. The van der Waals surface area contributed by atoms with Crippen LogP contribution >= 0.6 is 0 Å². The van der Waals surface area contributed by atoms with Crippen molar-refractivity contribution in [2.24, 2.45) is 0 Å². The van der Waals surface area contributed by atoms with E-state index >= 15 is 0 Å². The van der Waals surface area contributed by atoms with E-state index in [2.05, 4.69) is 5.32 Å². The molecule has 0 unspecified atom stereocenters. The van der Waals surface area contributed by atoms with Gasteiger partial charge < -0.3 is 19.5 Å². The maximum atomic E-state index is 12.9. The second-order valence-corrected chi connectivity index (χ2v) is 9.24. The molecule has 9 heteroatoms. The fraction of sp³-hybridized carbons (Fsp3) is 0.409. The third-order valence-electron chi connectivity index (χ3n) is 5.33. The predicted molar refractivity (Wildman–Crippen MR) is 116 cm³/mol. The maximum absolute atomic E-state index is 12.9. The Labute approximate surface area is 183 Å². The van der Waals surface area contributed by atoms with Crippen molar-refractivity contribution in [3.63, 3.8) is 0 Å². The van der Waals surface area contributed by atoms with Crippen molar-refractivity contribution in [3.8, 4) is 17.2 Å². The van der Waals surface area contributed by atoms with E-state index in [9.17, 15) is 13.2 Å². The second-order valence-electron chi connectivity index (χ2n) is 7.30. The molecule has 1 heterocycles. The molecule has 1 aliphatic rings. The van der Waals surface area contributed by atoms with Crippen LogP contribution in [0.25, 0.3) is 0 Å². The standard InChI is InChI=1S/C22H28N2O6S/c1-15-7-8-17(31(26,27)24-9-5-6-10-24)13-18(15)22(25)23-14-16-11-19(28-2)21(30-4)20(12-16)29-3/h7-8,11-13H,5-6,9-10,14H2,1-4H3,(H,23,25). The topological polar surface area (TPSA) is 94.2 Å². The number of carbonyl (C=O) groups is 1. The molecule has 0 bridgehead atoms. The van der Waals surface area contributed by atoms with E-state index in [4.69, 9.17) is 14.2 Å². The molecule has 0 spiro atoms. The SMILES string of the molecule is COc1cc(CNC(=O)c2cc(S(=O)(=O)N3CCCC3)ccc2C)cc(OC)c1OC. The Kier molecular flexibility index (Phi) is 7.07. The van der Waals surface area contributed by atoms with Crippen LogP contribution in [0.15, 0.2) is 35.2 Å². The highest BCUT2D eigenvalue weighted by Crippen LogP contribution is 2.38. The van der Waals surface area contributed by atoms with Gasteiger partial charge in [0.15, 0.2) is 11.5 Å². The Morgan fingerprint density at radius 3 is 2.16 bits per heavy atom. The summed E-state index contributed by atoms with van der Waals surface area (Å²) in [6.07, 6.45) is 1.71. The molecule has 0 atom stereocenters. The Bertz CT molecular complexity index is 1040. The lowest BCUT2D eigenvalue weighted by atomic mass is 10.1. The molecule has 0 saturated carbocycles. The average molecular weight is 449 g/mol. The minimum absolute atomic E-state index is 0.137. The number of methoxy groups -OCH3 is 3. The number of carbonyl (C=O) groups excluding carboxylic acids is 1. The van der Waals surface area contributed by atoms with Gasteiger partial charge in [-0.05, 0) is 55.2 Å². The van der Waals surface area contributed by atoms with Gasteiger partial charge in [-0.15, -0.1) is 0 Å². The molecule has 1 saturated heterocycles. The van der Waals surface area contributed by atoms with E-state index in [1.54, 1.807) is 31.2 Å². The van der Waals surface area contributed by atoms with Crippen LogP contribution in [0.4, 0.5) is 0 Å². The van der Waals surface area contributed by atoms with E-state index in [0.717, 1.165) is 18.4 Å². The lowest BCUT2D eigenvalue weighted by Gasteiger charge is -2.17. The fourth-order valence-corrected chi connectivity index (χ4v) is 5.14. The molecule has 31 heavy (non-hydrogen) atoms. The van der Waals surface area contributed by atoms with E-state index < -0.39 is 10.0 Å². The monoisotopic (exact) mass is 448 g/mol. The lowest BCUT2D eigenvalue weighted by molar-refractivity contribution is 0.0950. The molecule has 0 radical (unpaired) electrons. The predicted octanol–water partition coefficient (Wildman–Crippen LogP) is 2.74. The normalized spacial score (nSPS) is 14.3. The summed E-state index contributed by atoms with van der Waals surface area (Å²) in [6, 6.07) is 8.18. The smallest absolute Gasteiger partial charge is 0.251 e. The molecule has 1 N–H and O–H groups in total. The number of amides is 1. The first-order chi connectivity index (χ1) is 14.8. The number of aryl methyl sites for hydroxylation is 1. The van der Waals surface area contributed by atoms with Gasteiger partial charge in [-0.1, -0.05) is 6.07 Å². The molecule has 1 amide bonds. The molecule has 1 aliphatic heterocycles.